The van der Waals surface area contributed by atoms with Crippen molar-refractivity contribution < 1.29 is 14.6 Å². The molecule has 1 saturated carbocycles. The molecular formula is C23H23Cl2NO3. The van der Waals surface area contributed by atoms with E-state index in [1.165, 1.54) is 0 Å². The van der Waals surface area contributed by atoms with Gasteiger partial charge in [-0.2, -0.15) is 0 Å². The molecule has 29 heavy (non-hydrogen) atoms. The first kappa shape index (κ1) is 20.3. The summed E-state index contributed by atoms with van der Waals surface area (Å²) in [6.45, 7) is 1.90. The SMILES string of the molecule is COC1CCC2(CC1)NC(=O)C(c1cc(-c3ccc(Cl)cc3)c(Cl)cc1C)=C2O. The first-order valence-corrected chi connectivity index (χ1v) is 10.5. The highest BCUT2D eigenvalue weighted by atomic mass is 35.5. The minimum Gasteiger partial charge on any atom is -0.509 e. The van der Waals surface area contributed by atoms with Gasteiger partial charge in [-0.1, -0.05) is 35.3 Å². The van der Waals surface area contributed by atoms with Crippen molar-refractivity contribution in [1.29, 1.82) is 0 Å². The summed E-state index contributed by atoms with van der Waals surface area (Å²) in [7, 11) is 1.70. The number of carbonyl (C=O) groups is 1. The molecule has 2 aromatic rings. The number of methoxy groups -OCH3 is 1. The number of hydrogen-bond acceptors (Lipinski definition) is 3. The maximum Gasteiger partial charge on any atom is 0.256 e. The minimum atomic E-state index is -0.700. The van der Waals surface area contributed by atoms with Gasteiger partial charge in [-0.3, -0.25) is 4.79 Å². The maximum atomic E-state index is 12.9. The zero-order chi connectivity index (χ0) is 20.8. The van der Waals surface area contributed by atoms with Gasteiger partial charge in [0.05, 0.1) is 17.2 Å². The van der Waals surface area contributed by atoms with Crippen molar-refractivity contribution in [3.8, 4) is 11.1 Å². The van der Waals surface area contributed by atoms with Crippen LogP contribution in [0.2, 0.25) is 10.0 Å². The van der Waals surface area contributed by atoms with Crippen LogP contribution in [0.15, 0.2) is 42.2 Å². The summed E-state index contributed by atoms with van der Waals surface area (Å²) < 4.78 is 5.44. The second kappa shape index (κ2) is 7.67. The number of aryl methyl sites for hydroxylation is 1. The average molecular weight is 432 g/mol. The van der Waals surface area contributed by atoms with Crippen LogP contribution in [0, 0.1) is 6.92 Å². The highest BCUT2D eigenvalue weighted by Gasteiger charge is 2.48. The number of aliphatic hydroxyl groups excluding tert-OH is 1. The molecule has 4 nitrogen and oxygen atoms in total. The van der Waals surface area contributed by atoms with E-state index < -0.39 is 5.54 Å². The molecule has 0 unspecified atom stereocenters. The Hall–Kier alpha value is -2.01. The Kier molecular flexibility index (Phi) is 5.36. The van der Waals surface area contributed by atoms with Gasteiger partial charge in [-0.05, 0) is 73.6 Å². The largest absolute Gasteiger partial charge is 0.509 e. The fourth-order valence-corrected chi connectivity index (χ4v) is 4.86. The number of ether oxygens (including phenoxy) is 1. The predicted octanol–water partition coefficient (Wildman–Crippen LogP) is 5.70. The van der Waals surface area contributed by atoms with Gasteiger partial charge >= 0.3 is 0 Å². The molecule has 152 valence electrons. The zero-order valence-corrected chi connectivity index (χ0v) is 17.9. The Morgan fingerprint density at radius 1 is 1.10 bits per heavy atom. The third-order valence-electron chi connectivity index (χ3n) is 6.13. The standard InChI is InChI=1S/C23H23Cl2NO3/c1-13-11-19(25)18(14-3-5-15(24)6-4-14)12-17(13)20-21(27)23(26-22(20)28)9-7-16(29-2)8-10-23/h3-6,11-12,16,27H,7-10H2,1-2H3,(H,26,28). The Morgan fingerprint density at radius 2 is 1.76 bits per heavy atom. The Labute approximate surface area is 180 Å². The summed E-state index contributed by atoms with van der Waals surface area (Å²) in [6.07, 6.45) is 3.07. The van der Waals surface area contributed by atoms with Crippen molar-refractivity contribution in [2.45, 2.75) is 44.2 Å². The molecule has 2 aliphatic rings. The fourth-order valence-electron chi connectivity index (χ4n) is 4.41. The van der Waals surface area contributed by atoms with E-state index in [-0.39, 0.29) is 17.8 Å². The van der Waals surface area contributed by atoms with Gasteiger partial charge in [0.1, 0.15) is 5.76 Å². The van der Waals surface area contributed by atoms with E-state index in [1.54, 1.807) is 19.2 Å². The number of halogens is 2. The van der Waals surface area contributed by atoms with Crippen molar-refractivity contribution in [2.24, 2.45) is 0 Å². The molecule has 2 N–H and O–H groups in total. The molecule has 1 spiro atoms. The highest BCUT2D eigenvalue weighted by molar-refractivity contribution is 6.34. The van der Waals surface area contributed by atoms with Crippen LogP contribution >= 0.6 is 23.2 Å². The van der Waals surface area contributed by atoms with Gasteiger partial charge in [-0.25, -0.2) is 0 Å². The molecule has 1 aliphatic carbocycles. The number of benzene rings is 2. The topological polar surface area (TPSA) is 58.6 Å². The number of hydrogen-bond donors (Lipinski definition) is 2. The second-order valence-electron chi connectivity index (χ2n) is 7.85. The molecule has 1 aliphatic heterocycles. The molecule has 0 saturated heterocycles. The molecule has 0 aromatic heterocycles. The van der Waals surface area contributed by atoms with Crippen LogP contribution in [0.4, 0.5) is 0 Å². The minimum absolute atomic E-state index is 0.129. The quantitative estimate of drug-likeness (QED) is 0.655. The van der Waals surface area contributed by atoms with Crippen LogP contribution in [-0.2, 0) is 9.53 Å². The normalized spacial score (nSPS) is 24.3. The lowest BCUT2D eigenvalue weighted by Crippen LogP contribution is -2.48. The monoisotopic (exact) mass is 431 g/mol. The maximum absolute atomic E-state index is 12.9. The summed E-state index contributed by atoms with van der Waals surface area (Å²) >= 11 is 12.5. The average Bonchev–Trinajstić information content (AvgIpc) is 2.93. The number of aliphatic hydroxyl groups is 1. The molecule has 0 bridgehead atoms. The number of amides is 1. The number of nitrogens with one attached hydrogen (secondary N) is 1. The van der Waals surface area contributed by atoms with Crippen LogP contribution in [-0.4, -0.2) is 29.8 Å². The molecule has 4 rings (SSSR count). The smallest absolute Gasteiger partial charge is 0.256 e. The van der Waals surface area contributed by atoms with Gasteiger partial charge in [0.25, 0.3) is 5.91 Å². The van der Waals surface area contributed by atoms with Crippen LogP contribution in [0.3, 0.4) is 0 Å². The van der Waals surface area contributed by atoms with Crippen molar-refractivity contribution in [3.05, 3.63) is 63.3 Å². The second-order valence-corrected chi connectivity index (χ2v) is 8.69. The molecule has 0 radical (unpaired) electrons. The molecule has 6 heteroatoms. The Bertz CT molecular complexity index is 990. The lowest BCUT2D eigenvalue weighted by atomic mass is 9.79. The molecular weight excluding hydrogens is 409 g/mol. The lowest BCUT2D eigenvalue weighted by molar-refractivity contribution is -0.116. The van der Waals surface area contributed by atoms with Crippen LogP contribution < -0.4 is 5.32 Å². The zero-order valence-electron chi connectivity index (χ0n) is 16.4. The van der Waals surface area contributed by atoms with Gasteiger partial charge in [0, 0.05) is 22.7 Å². The summed E-state index contributed by atoms with van der Waals surface area (Å²) in [4.78, 5) is 12.9. The summed E-state index contributed by atoms with van der Waals surface area (Å²) in [5, 5.41) is 15.4. The van der Waals surface area contributed by atoms with Crippen molar-refractivity contribution >= 4 is 34.7 Å². The number of rotatable bonds is 3. The summed E-state index contributed by atoms with van der Waals surface area (Å²) in [6, 6.07) is 11.1. The van der Waals surface area contributed by atoms with E-state index >= 15 is 0 Å². The van der Waals surface area contributed by atoms with E-state index in [0.29, 0.717) is 34.0 Å². The van der Waals surface area contributed by atoms with Gasteiger partial charge in [-0.15, -0.1) is 0 Å². The first-order valence-electron chi connectivity index (χ1n) is 9.70. The van der Waals surface area contributed by atoms with E-state index in [9.17, 15) is 9.90 Å². The van der Waals surface area contributed by atoms with E-state index in [4.69, 9.17) is 27.9 Å². The van der Waals surface area contributed by atoms with Crippen LogP contribution in [0.1, 0.15) is 36.8 Å². The van der Waals surface area contributed by atoms with Gasteiger partial charge < -0.3 is 15.2 Å². The third-order valence-corrected chi connectivity index (χ3v) is 6.69. The number of carbonyl (C=O) groups excluding carboxylic acids is 1. The molecule has 1 heterocycles. The summed E-state index contributed by atoms with van der Waals surface area (Å²) in [5.74, 6) is -0.115. The predicted molar refractivity (Wildman–Crippen MR) is 116 cm³/mol. The van der Waals surface area contributed by atoms with Crippen molar-refractivity contribution in [3.63, 3.8) is 0 Å². The Balaban J connectivity index is 1.78. The molecule has 2 aromatic carbocycles. The fraction of sp³-hybridized carbons (Fsp3) is 0.348. The van der Waals surface area contributed by atoms with E-state index in [2.05, 4.69) is 5.32 Å². The molecule has 1 amide bonds. The van der Waals surface area contributed by atoms with Gasteiger partial charge in [0.15, 0.2) is 0 Å². The van der Waals surface area contributed by atoms with Crippen molar-refractivity contribution in [1.82, 2.24) is 5.32 Å². The van der Waals surface area contributed by atoms with Gasteiger partial charge in [0.2, 0.25) is 0 Å². The highest BCUT2D eigenvalue weighted by Crippen LogP contribution is 2.43. The Morgan fingerprint density at radius 3 is 2.38 bits per heavy atom. The third kappa shape index (κ3) is 3.54. The lowest BCUT2D eigenvalue weighted by Gasteiger charge is -2.36. The van der Waals surface area contributed by atoms with Crippen LogP contribution in [0.5, 0.6) is 0 Å². The van der Waals surface area contributed by atoms with E-state index in [1.807, 2.05) is 31.2 Å². The summed E-state index contributed by atoms with van der Waals surface area (Å²) in [5.41, 5.74) is 2.86. The first-order chi connectivity index (χ1) is 13.8. The van der Waals surface area contributed by atoms with Crippen LogP contribution in [0.25, 0.3) is 16.7 Å². The van der Waals surface area contributed by atoms with E-state index in [0.717, 1.165) is 29.5 Å². The molecule has 0 atom stereocenters. The molecule has 1 fully saturated rings. The van der Waals surface area contributed by atoms with Crippen molar-refractivity contribution in [2.75, 3.05) is 7.11 Å².